The van der Waals surface area contributed by atoms with E-state index < -0.39 is 0 Å². The van der Waals surface area contributed by atoms with Crippen LogP contribution in [0, 0.1) is 0 Å². The highest BCUT2D eigenvalue weighted by atomic mass is 16.5. The fourth-order valence-electron chi connectivity index (χ4n) is 1.62. The van der Waals surface area contributed by atoms with Crippen LogP contribution < -0.4 is 20.7 Å². The number of carbonyl (C=O) groups excluding carboxylic acids is 1. The molecule has 2 rings (SSSR count). The summed E-state index contributed by atoms with van der Waals surface area (Å²) in [6.45, 7) is 0.619. The molecule has 0 aromatic carbocycles. The number of nitrogens with one attached hydrogen (secondary N) is 3. The Morgan fingerprint density at radius 2 is 2.05 bits per heavy atom. The van der Waals surface area contributed by atoms with Crippen molar-refractivity contribution >= 4 is 17.8 Å². The maximum absolute atomic E-state index is 11.5. The minimum atomic E-state index is 0.110. The lowest BCUT2D eigenvalue weighted by Gasteiger charge is -2.08. The van der Waals surface area contributed by atoms with Crippen LogP contribution in [0.4, 0.5) is 11.9 Å². The van der Waals surface area contributed by atoms with Crippen LogP contribution in [0.15, 0.2) is 0 Å². The number of amides is 1. The van der Waals surface area contributed by atoms with Gasteiger partial charge in [-0.2, -0.15) is 15.0 Å². The number of hydrogen-bond acceptors (Lipinski definition) is 7. The van der Waals surface area contributed by atoms with Gasteiger partial charge >= 0.3 is 6.01 Å². The van der Waals surface area contributed by atoms with Gasteiger partial charge < -0.3 is 20.7 Å². The highest BCUT2D eigenvalue weighted by Gasteiger charge is 2.22. The van der Waals surface area contributed by atoms with Gasteiger partial charge in [0, 0.05) is 26.1 Å². The summed E-state index contributed by atoms with van der Waals surface area (Å²) in [5.41, 5.74) is 0. The molecule has 1 aliphatic rings. The molecule has 0 radical (unpaired) electrons. The van der Waals surface area contributed by atoms with Gasteiger partial charge in [-0.25, -0.2) is 0 Å². The molecule has 0 unspecified atom stereocenters. The van der Waals surface area contributed by atoms with Crippen LogP contribution in [-0.4, -0.2) is 47.6 Å². The molecule has 0 aliphatic heterocycles. The van der Waals surface area contributed by atoms with Crippen molar-refractivity contribution < 1.29 is 9.53 Å². The van der Waals surface area contributed by atoms with Crippen molar-refractivity contribution in [3.8, 4) is 6.01 Å². The fraction of sp³-hybridized carbons (Fsp3) is 0.667. The first-order chi connectivity index (χ1) is 9.71. The van der Waals surface area contributed by atoms with Gasteiger partial charge in [-0.05, 0) is 19.3 Å². The van der Waals surface area contributed by atoms with Crippen molar-refractivity contribution in [3.05, 3.63) is 0 Å². The van der Waals surface area contributed by atoms with Gasteiger partial charge in [0.25, 0.3) is 0 Å². The quantitative estimate of drug-likeness (QED) is 0.592. The van der Waals surface area contributed by atoms with E-state index in [9.17, 15) is 4.79 Å². The minimum absolute atomic E-state index is 0.110. The molecule has 0 spiro atoms. The van der Waals surface area contributed by atoms with Gasteiger partial charge in [-0.3, -0.25) is 4.79 Å². The Balaban J connectivity index is 1.73. The molecule has 8 heteroatoms. The SMILES string of the molecule is CNc1nc(NCCCC(=O)NC2CC2)nc(OC)n1. The van der Waals surface area contributed by atoms with Crippen LogP contribution >= 0.6 is 0 Å². The molecule has 1 fully saturated rings. The minimum Gasteiger partial charge on any atom is -0.467 e. The number of methoxy groups -OCH3 is 1. The van der Waals surface area contributed by atoms with Crippen molar-refractivity contribution in [3.63, 3.8) is 0 Å². The van der Waals surface area contributed by atoms with Crippen LogP contribution in [0.25, 0.3) is 0 Å². The summed E-state index contributed by atoms with van der Waals surface area (Å²) in [4.78, 5) is 23.7. The molecule has 1 heterocycles. The first-order valence-corrected chi connectivity index (χ1v) is 6.72. The first kappa shape index (κ1) is 14.3. The summed E-state index contributed by atoms with van der Waals surface area (Å²) in [7, 11) is 3.22. The Bertz CT molecular complexity index is 441. The number of nitrogens with zero attached hydrogens (tertiary/aromatic N) is 3. The average molecular weight is 280 g/mol. The summed E-state index contributed by atoms with van der Waals surface area (Å²) in [6.07, 6.45) is 3.45. The number of ether oxygens (including phenoxy) is 1. The lowest BCUT2D eigenvalue weighted by molar-refractivity contribution is -0.121. The summed E-state index contributed by atoms with van der Waals surface area (Å²) >= 11 is 0. The fourth-order valence-corrected chi connectivity index (χ4v) is 1.62. The second-order valence-electron chi connectivity index (χ2n) is 4.59. The standard InChI is InChI=1S/C12H20N6O2/c1-13-10-16-11(18-12(17-10)20-2)14-7-3-4-9(19)15-8-5-6-8/h8H,3-7H2,1-2H3,(H,15,19)(H2,13,14,16,17,18). The molecule has 1 amide bonds. The summed E-state index contributed by atoms with van der Waals surface area (Å²) < 4.78 is 4.99. The van der Waals surface area contributed by atoms with Crippen molar-refractivity contribution in [2.24, 2.45) is 0 Å². The molecule has 0 atom stereocenters. The smallest absolute Gasteiger partial charge is 0.322 e. The Hall–Kier alpha value is -2.12. The molecular weight excluding hydrogens is 260 g/mol. The number of anilines is 2. The average Bonchev–Trinajstić information content (AvgIpc) is 3.27. The predicted octanol–water partition coefficient (Wildman–Crippen LogP) is 0.393. The van der Waals surface area contributed by atoms with E-state index in [1.807, 2.05) is 0 Å². The molecule has 1 aliphatic carbocycles. The predicted molar refractivity (Wildman–Crippen MR) is 74.8 cm³/mol. The number of hydrogen-bond donors (Lipinski definition) is 3. The monoisotopic (exact) mass is 280 g/mol. The topological polar surface area (TPSA) is 101 Å². The van der Waals surface area contributed by atoms with Crippen molar-refractivity contribution in [2.45, 2.75) is 31.7 Å². The molecule has 1 aromatic heterocycles. The lowest BCUT2D eigenvalue weighted by atomic mass is 10.3. The van der Waals surface area contributed by atoms with E-state index in [1.54, 1.807) is 7.05 Å². The van der Waals surface area contributed by atoms with Gasteiger partial charge in [0.05, 0.1) is 7.11 Å². The second-order valence-corrected chi connectivity index (χ2v) is 4.59. The van der Waals surface area contributed by atoms with Gasteiger partial charge in [0.1, 0.15) is 0 Å². The van der Waals surface area contributed by atoms with Gasteiger partial charge in [-0.1, -0.05) is 0 Å². The number of aromatic nitrogens is 3. The Kier molecular flexibility index (Phi) is 4.91. The van der Waals surface area contributed by atoms with Crippen LogP contribution in [0.5, 0.6) is 6.01 Å². The zero-order chi connectivity index (χ0) is 14.4. The zero-order valence-corrected chi connectivity index (χ0v) is 11.8. The lowest BCUT2D eigenvalue weighted by Crippen LogP contribution is -2.25. The van der Waals surface area contributed by atoms with Gasteiger partial charge in [-0.15, -0.1) is 0 Å². The Labute approximate surface area is 117 Å². The highest BCUT2D eigenvalue weighted by molar-refractivity contribution is 5.76. The third kappa shape index (κ3) is 4.52. The van der Waals surface area contributed by atoms with Gasteiger partial charge in [0.2, 0.25) is 17.8 Å². The van der Waals surface area contributed by atoms with E-state index in [0.717, 1.165) is 19.3 Å². The van der Waals surface area contributed by atoms with Crippen LogP contribution in [0.3, 0.4) is 0 Å². The molecule has 0 bridgehead atoms. The largest absolute Gasteiger partial charge is 0.467 e. The van der Waals surface area contributed by atoms with E-state index in [4.69, 9.17) is 4.74 Å². The van der Waals surface area contributed by atoms with E-state index in [0.29, 0.717) is 30.9 Å². The van der Waals surface area contributed by atoms with E-state index >= 15 is 0 Å². The molecular formula is C12H20N6O2. The van der Waals surface area contributed by atoms with Crippen molar-refractivity contribution in [1.29, 1.82) is 0 Å². The van der Waals surface area contributed by atoms with Crippen LogP contribution in [0.2, 0.25) is 0 Å². The van der Waals surface area contributed by atoms with Gasteiger partial charge in [0.15, 0.2) is 0 Å². The third-order valence-electron chi connectivity index (χ3n) is 2.83. The van der Waals surface area contributed by atoms with E-state index in [1.165, 1.54) is 7.11 Å². The maximum atomic E-state index is 11.5. The molecule has 8 nitrogen and oxygen atoms in total. The normalized spacial score (nSPS) is 13.7. The highest BCUT2D eigenvalue weighted by Crippen LogP contribution is 2.18. The number of carbonyl (C=O) groups is 1. The van der Waals surface area contributed by atoms with E-state index in [-0.39, 0.29) is 11.9 Å². The molecule has 110 valence electrons. The summed E-state index contributed by atoms with van der Waals surface area (Å²) in [6, 6.07) is 0.666. The van der Waals surface area contributed by atoms with E-state index in [2.05, 4.69) is 30.9 Å². The summed E-state index contributed by atoms with van der Waals surface area (Å²) in [5, 5.41) is 8.84. The molecule has 3 N–H and O–H groups in total. The third-order valence-corrected chi connectivity index (χ3v) is 2.83. The molecule has 1 aromatic rings. The van der Waals surface area contributed by atoms with Crippen molar-refractivity contribution in [1.82, 2.24) is 20.3 Å². The zero-order valence-electron chi connectivity index (χ0n) is 11.8. The second kappa shape index (κ2) is 6.88. The van der Waals surface area contributed by atoms with Crippen molar-refractivity contribution in [2.75, 3.05) is 31.3 Å². The first-order valence-electron chi connectivity index (χ1n) is 6.72. The Morgan fingerprint density at radius 3 is 2.70 bits per heavy atom. The maximum Gasteiger partial charge on any atom is 0.322 e. The Morgan fingerprint density at radius 1 is 1.30 bits per heavy atom. The molecule has 1 saturated carbocycles. The van der Waals surface area contributed by atoms with Crippen LogP contribution in [-0.2, 0) is 4.79 Å². The molecule has 20 heavy (non-hydrogen) atoms. The summed E-state index contributed by atoms with van der Waals surface area (Å²) in [5.74, 6) is 0.980. The molecule has 0 saturated heterocycles. The van der Waals surface area contributed by atoms with Crippen LogP contribution in [0.1, 0.15) is 25.7 Å². The number of rotatable bonds is 8.